The van der Waals surface area contributed by atoms with Crippen molar-refractivity contribution in [1.29, 1.82) is 0 Å². The van der Waals surface area contributed by atoms with E-state index in [0.717, 1.165) is 0 Å². The van der Waals surface area contributed by atoms with E-state index < -0.39 is 0 Å². The molecule has 0 heterocycles. The van der Waals surface area contributed by atoms with Crippen LogP contribution in [0.15, 0.2) is 72.8 Å². The Labute approximate surface area is 136 Å². The van der Waals surface area contributed by atoms with Gasteiger partial charge in [-0.1, -0.05) is 72.8 Å². The molecule has 3 aromatic carbocycles. The van der Waals surface area contributed by atoms with E-state index in [2.05, 4.69) is 67.6 Å². The van der Waals surface area contributed by atoms with Gasteiger partial charge in [0.25, 0.3) is 0 Å². The predicted octanol–water partition coefficient (Wildman–Crippen LogP) is 5.23. The minimum Gasteiger partial charge on any atom is -0.508 e. The van der Waals surface area contributed by atoms with Crippen LogP contribution >= 0.6 is 0 Å². The van der Waals surface area contributed by atoms with E-state index in [0.29, 0.717) is 5.75 Å². The van der Waals surface area contributed by atoms with E-state index in [9.17, 15) is 5.11 Å². The van der Waals surface area contributed by atoms with Crippen LogP contribution in [0.3, 0.4) is 0 Å². The van der Waals surface area contributed by atoms with Crippen LogP contribution < -0.4 is 0 Å². The Balaban J connectivity index is 2.08. The Bertz CT molecular complexity index is 838. The van der Waals surface area contributed by atoms with Crippen molar-refractivity contribution in [3.63, 3.8) is 0 Å². The lowest BCUT2D eigenvalue weighted by molar-refractivity contribution is 0.474. The van der Waals surface area contributed by atoms with Gasteiger partial charge in [-0.05, 0) is 46.9 Å². The molecule has 112 valence electrons. The molecule has 1 nitrogen and oxygen atoms in total. The number of hydrogen-bond donors (Lipinski definition) is 1. The summed E-state index contributed by atoms with van der Waals surface area (Å²) in [5.74, 6) is 0.297. The van der Waals surface area contributed by atoms with Crippen LogP contribution in [0.2, 0.25) is 0 Å². The maximum absolute atomic E-state index is 9.67. The molecule has 0 aromatic heterocycles. The molecule has 0 radical (unpaired) electrons. The van der Waals surface area contributed by atoms with Crippen LogP contribution in [0.5, 0.6) is 5.75 Å². The summed E-state index contributed by atoms with van der Waals surface area (Å²) in [5, 5.41) is 9.67. The molecule has 3 aromatic rings. The zero-order valence-electron chi connectivity index (χ0n) is 13.0. The summed E-state index contributed by atoms with van der Waals surface area (Å²) in [4.78, 5) is 0. The van der Waals surface area contributed by atoms with Crippen LogP contribution in [0.25, 0.3) is 12.2 Å². The molecule has 0 amide bonds. The quantitative estimate of drug-likeness (QED) is 0.652. The van der Waals surface area contributed by atoms with E-state index in [1.807, 2.05) is 12.1 Å². The smallest absolute Gasteiger partial charge is 0.115 e. The van der Waals surface area contributed by atoms with Crippen molar-refractivity contribution in [3.8, 4) is 5.75 Å². The highest BCUT2D eigenvalue weighted by molar-refractivity contribution is 5.79. The molecular weight excluding hydrogens is 280 g/mol. The minimum atomic E-state index is -0.260. The predicted molar refractivity (Wildman–Crippen MR) is 95.5 cm³/mol. The van der Waals surface area contributed by atoms with Gasteiger partial charge in [0, 0.05) is 5.41 Å². The van der Waals surface area contributed by atoms with Crippen molar-refractivity contribution < 1.29 is 5.11 Å². The van der Waals surface area contributed by atoms with Crippen molar-refractivity contribution in [2.24, 2.45) is 0 Å². The fourth-order valence-electron chi connectivity index (χ4n) is 3.63. The van der Waals surface area contributed by atoms with Gasteiger partial charge in [0.15, 0.2) is 0 Å². The second kappa shape index (κ2) is 5.13. The molecule has 0 fully saturated rings. The SMILES string of the molecule is CC1(c2ccc(O)cc2)c2ccccc2C=Cc2ccccc21. The van der Waals surface area contributed by atoms with Gasteiger partial charge in [-0.3, -0.25) is 0 Å². The van der Waals surface area contributed by atoms with Crippen molar-refractivity contribution >= 4 is 12.2 Å². The molecule has 0 atom stereocenters. The number of benzene rings is 3. The topological polar surface area (TPSA) is 20.2 Å². The zero-order valence-corrected chi connectivity index (χ0v) is 13.0. The average molecular weight is 298 g/mol. The summed E-state index contributed by atoms with van der Waals surface area (Å²) in [6.45, 7) is 2.27. The number of fused-ring (bicyclic) bond motifs is 2. The number of aromatic hydroxyl groups is 1. The molecule has 0 bridgehead atoms. The standard InChI is InChI=1S/C22H18O/c1-22(18-12-14-19(23)15-13-18)20-8-4-2-6-16(20)10-11-17-7-3-5-9-21(17)22/h2-15,23H,1H3. The number of hydrogen-bond acceptors (Lipinski definition) is 1. The summed E-state index contributed by atoms with van der Waals surface area (Å²) in [7, 11) is 0. The molecule has 0 saturated heterocycles. The fraction of sp³-hybridized carbons (Fsp3) is 0.0909. The van der Waals surface area contributed by atoms with E-state index in [1.54, 1.807) is 12.1 Å². The van der Waals surface area contributed by atoms with Crippen molar-refractivity contribution in [2.45, 2.75) is 12.3 Å². The third-order valence-electron chi connectivity index (χ3n) is 4.89. The van der Waals surface area contributed by atoms with Crippen LogP contribution in [0.4, 0.5) is 0 Å². The highest BCUT2D eigenvalue weighted by atomic mass is 16.3. The fourth-order valence-corrected chi connectivity index (χ4v) is 3.63. The zero-order chi connectivity index (χ0) is 15.9. The first-order valence-electron chi connectivity index (χ1n) is 7.86. The molecule has 23 heavy (non-hydrogen) atoms. The molecule has 0 unspecified atom stereocenters. The van der Waals surface area contributed by atoms with Crippen LogP contribution in [0, 0.1) is 0 Å². The van der Waals surface area contributed by atoms with E-state index >= 15 is 0 Å². The minimum absolute atomic E-state index is 0.260. The molecule has 0 saturated carbocycles. The molecule has 0 aliphatic heterocycles. The lowest BCUT2D eigenvalue weighted by Crippen LogP contribution is -2.26. The molecule has 1 aliphatic rings. The summed E-state index contributed by atoms with van der Waals surface area (Å²) < 4.78 is 0. The van der Waals surface area contributed by atoms with E-state index in [-0.39, 0.29) is 5.41 Å². The molecule has 1 heteroatoms. The first-order valence-corrected chi connectivity index (χ1v) is 7.86. The van der Waals surface area contributed by atoms with Gasteiger partial charge in [0.2, 0.25) is 0 Å². The second-order valence-electron chi connectivity index (χ2n) is 6.18. The maximum atomic E-state index is 9.67. The third kappa shape index (κ3) is 2.08. The summed E-state index contributed by atoms with van der Waals surface area (Å²) in [6.07, 6.45) is 4.39. The third-order valence-corrected chi connectivity index (χ3v) is 4.89. The Morgan fingerprint density at radius 1 is 0.652 bits per heavy atom. The van der Waals surface area contributed by atoms with Gasteiger partial charge >= 0.3 is 0 Å². The monoisotopic (exact) mass is 298 g/mol. The Morgan fingerprint density at radius 3 is 1.65 bits per heavy atom. The van der Waals surface area contributed by atoms with Gasteiger partial charge in [0.1, 0.15) is 5.75 Å². The highest BCUT2D eigenvalue weighted by Gasteiger charge is 2.35. The maximum Gasteiger partial charge on any atom is 0.115 e. The average Bonchev–Trinajstić information content (AvgIpc) is 2.72. The van der Waals surface area contributed by atoms with Gasteiger partial charge < -0.3 is 5.11 Å². The normalized spacial score (nSPS) is 14.7. The van der Waals surface area contributed by atoms with Crippen molar-refractivity contribution in [1.82, 2.24) is 0 Å². The second-order valence-corrected chi connectivity index (χ2v) is 6.18. The van der Waals surface area contributed by atoms with E-state index in [4.69, 9.17) is 0 Å². The molecule has 1 aliphatic carbocycles. The largest absolute Gasteiger partial charge is 0.508 e. The van der Waals surface area contributed by atoms with E-state index in [1.165, 1.54) is 27.8 Å². The number of rotatable bonds is 1. The summed E-state index contributed by atoms with van der Waals surface area (Å²) in [6, 6.07) is 24.7. The molecule has 0 spiro atoms. The highest BCUT2D eigenvalue weighted by Crippen LogP contribution is 2.44. The molecular formula is C22H18O. The van der Waals surface area contributed by atoms with Gasteiger partial charge in [-0.15, -0.1) is 0 Å². The van der Waals surface area contributed by atoms with Crippen LogP contribution in [-0.4, -0.2) is 5.11 Å². The van der Waals surface area contributed by atoms with Crippen LogP contribution in [0.1, 0.15) is 34.7 Å². The number of phenols is 1. The first-order chi connectivity index (χ1) is 11.2. The van der Waals surface area contributed by atoms with Gasteiger partial charge in [-0.25, -0.2) is 0 Å². The molecule has 4 rings (SSSR count). The summed E-state index contributed by atoms with van der Waals surface area (Å²) in [5.41, 5.74) is 5.96. The first kappa shape index (κ1) is 13.8. The Morgan fingerprint density at radius 2 is 1.13 bits per heavy atom. The summed E-state index contributed by atoms with van der Waals surface area (Å²) >= 11 is 0. The van der Waals surface area contributed by atoms with Gasteiger partial charge in [0.05, 0.1) is 0 Å². The lowest BCUT2D eigenvalue weighted by Gasteiger charge is -2.33. The van der Waals surface area contributed by atoms with Gasteiger partial charge in [-0.2, -0.15) is 0 Å². The van der Waals surface area contributed by atoms with Crippen LogP contribution in [-0.2, 0) is 5.41 Å². The Hall–Kier alpha value is -2.80. The molecule has 1 N–H and O–H groups in total. The number of phenolic OH excluding ortho intramolecular Hbond substituents is 1. The van der Waals surface area contributed by atoms with Crippen molar-refractivity contribution in [3.05, 3.63) is 101 Å². The Kier molecular flexibility index (Phi) is 3.09. The lowest BCUT2D eigenvalue weighted by atomic mass is 9.69. The van der Waals surface area contributed by atoms with Crippen molar-refractivity contribution in [2.75, 3.05) is 0 Å².